The maximum atomic E-state index is 12.5. The zero-order valence-corrected chi connectivity index (χ0v) is 17.0. The minimum atomic E-state index is -4.20. The van der Waals surface area contributed by atoms with E-state index >= 15 is 0 Å². The van der Waals surface area contributed by atoms with Crippen molar-refractivity contribution >= 4 is 27.3 Å². The Morgan fingerprint density at radius 2 is 2.11 bits per heavy atom. The molecule has 27 heavy (non-hydrogen) atoms. The van der Waals surface area contributed by atoms with Gasteiger partial charge in [-0.05, 0) is 18.6 Å². The smallest absolute Gasteiger partial charge is 0.352 e. The summed E-state index contributed by atoms with van der Waals surface area (Å²) in [6.45, 7) is 0.136. The normalized spacial score (nSPS) is 19.7. The number of rotatable bonds is 6. The summed E-state index contributed by atoms with van der Waals surface area (Å²) in [5, 5.41) is 6.18. The molecule has 1 aromatic heterocycles. The lowest BCUT2D eigenvalue weighted by Gasteiger charge is -2.19. The molecule has 2 rings (SSSR count). The second-order valence-corrected chi connectivity index (χ2v) is 9.96. The number of alkyl halides is 3. The van der Waals surface area contributed by atoms with Gasteiger partial charge in [-0.1, -0.05) is 0 Å². The maximum Gasteiger partial charge on any atom is 0.401 e. The summed E-state index contributed by atoms with van der Waals surface area (Å²) >= 11 is 1.16. The molecule has 0 aromatic carbocycles. The first-order chi connectivity index (χ1) is 12.5. The van der Waals surface area contributed by atoms with Gasteiger partial charge in [0.1, 0.15) is 4.21 Å². The van der Waals surface area contributed by atoms with Crippen LogP contribution in [0.3, 0.4) is 0 Å². The number of sulfonamides is 1. The predicted octanol–water partition coefficient (Wildman–Crippen LogP) is 1.30. The highest BCUT2D eigenvalue weighted by Crippen LogP contribution is 2.23. The first-order valence-electron chi connectivity index (χ1n) is 8.29. The van der Waals surface area contributed by atoms with Crippen LogP contribution in [0.15, 0.2) is 21.3 Å². The van der Waals surface area contributed by atoms with Gasteiger partial charge in [0.25, 0.3) is 10.0 Å². The van der Waals surface area contributed by atoms with Gasteiger partial charge in [0.2, 0.25) is 0 Å². The number of thiophene rings is 1. The van der Waals surface area contributed by atoms with Gasteiger partial charge >= 0.3 is 6.18 Å². The number of halogens is 3. The van der Waals surface area contributed by atoms with Crippen molar-refractivity contribution in [3.05, 3.63) is 17.0 Å². The molecule has 154 valence electrons. The molecule has 0 bridgehead atoms. The third-order valence-corrected chi connectivity index (χ3v) is 7.41. The number of hydrogen-bond acceptors (Lipinski definition) is 5. The van der Waals surface area contributed by atoms with Gasteiger partial charge in [-0.25, -0.2) is 12.7 Å². The Morgan fingerprint density at radius 1 is 1.41 bits per heavy atom. The number of aliphatic imine (C=N–C) groups is 1. The molecule has 1 fully saturated rings. The predicted molar refractivity (Wildman–Crippen MR) is 99.4 cm³/mol. The van der Waals surface area contributed by atoms with Crippen LogP contribution >= 0.6 is 11.3 Å². The molecule has 0 radical (unpaired) electrons. The first-order valence-corrected chi connectivity index (χ1v) is 10.5. The molecular formula is C15H24F3N5O2S2. The fourth-order valence-electron chi connectivity index (χ4n) is 2.68. The van der Waals surface area contributed by atoms with E-state index in [2.05, 4.69) is 15.6 Å². The first kappa shape index (κ1) is 21.9. The lowest BCUT2D eigenvalue weighted by Crippen LogP contribution is -2.44. The second-order valence-electron chi connectivity index (χ2n) is 6.41. The molecular weight excluding hydrogens is 403 g/mol. The Kier molecular flexibility index (Phi) is 7.11. The molecule has 0 amide bonds. The summed E-state index contributed by atoms with van der Waals surface area (Å²) in [6, 6.07) is 3.16. The van der Waals surface area contributed by atoms with Gasteiger partial charge in [-0.15, -0.1) is 11.3 Å². The van der Waals surface area contributed by atoms with Gasteiger partial charge < -0.3 is 10.6 Å². The van der Waals surface area contributed by atoms with Gasteiger partial charge in [-0.3, -0.25) is 9.89 Å². The van der Waals surface area contributed by atoms with Gasteiger partial charge in [-0.2, -0.15) is 13.2 Å². The van der Waals surface area contributed by atoms with Crippen LogP contribution in [-0.2, 0) is 16.6 Å². The monoisotopic (exact) mass is 427 g/mol. The third-order valence-electron chi connectivity index (χ3n) is 4.04. The summed E-state index contributed by atoms with van der Waals surface area (Å²) in [5.41, 5.74) is 0. The molecule has 2 heterocycles. The number of nitrogens with one attached hydrogen (secondary N) is 2. The van der Waals surface area contributed by atoms with Crippen molar-refractivity contribution in [2.24, 2.45) is 4.99 Å². The van der Waals surface area contributed by atoms with Crippen LogP contribution in [-0.4, -0.2) is 76.6 Å². The van der Waals surface area contributed by atoms with Gasteiger partial charge in [0.15, 0.2) is 5.96 Å². The summed E-state index contributed by atoms with van der Waals surface area (Å²) in [6.07, 6.45) is -3.60. The van der Waals surface area contributed by atoms with E-state index in [1.54, 1.807) is 19.2 Å². The van der Waals surface area contributed by atoms with Crippen molar-refractivity contribution < 1.29 is 21.6 Å². The van der Waals surface area contributed by atoms with Gasteiger partial charge in [0.05, 0.1) is 13.1 Å². The van der Waals surface area contributed by atoms with Crippen LogP contribution < -0.4 is 10.6 Å². The lowest BCUT2D eigenvalue weighted by atomic mass is 10.3. The molecule has 0 spiro atoms. The number of likely N-dealkylation sites (tertiary alicyclic amines) is 1. The fraction of sp³-hybridized carbons (Fsp3) is 0.667. The van der Waals surface area contributed by atoms with Crippen molar-refractivity contribution in [2.45, 2.75) is 29.4 Å². The van der Waals surface area contributed by atoms with Crippen LogP contribution in [0.25, 0.3) is 0 Å². The Labute approximate surface area is 161 Å². The minimum Gasteiger partial charge on any atom is -0.352 e. The Morgan fingerprint density at radius 3 is 2.70 bits per heavy atom. The molecule has 2 N–H and O–H groups in total. The number of nitrogens with zero attached hydrogens (tertiary/aromatic N) is 3. The molecule has 1 unspecified atom stereocenters. The highest BCUT2D eigenvalue weighted by Gasteiger charge is 2.34. The molecule has 1 atom stereocenters. The van der Waals surface area contributed by atoms with Crippen LogP contribution in [0.4, 0.5) is 13.2 Å². The average molecular weight is 428 g/mol. The van der Waals surface area contributed by atoms with E-state index in [1.165, 1.54) is 19.0 Å². The fourth-order valence-corrected chi connectivity index (χ4v) is 5.14. The van der Waals surface area contributed by atoms with Crippen LogP contribution in [0.1, 0.15) is 11.3 Å². The van der Waals surface area contributed by atoms with E-state index in [0.717, 1.165) is 20.5 Å². The molecule has 7 nitrogen and oxygen atoms in total. The third kappa shape index (κ3) is 6.33. The van der Waals surface area contributed by atoms with E-state index in [9.17, 15) is 21.6 Å². The average Bonchev–Trinajstić information content (AvgIpc) is 3.19. The largest absolute Gasteiger partial charge is 0.401 e. The highest BCUT2D eigenvalue weighted by atomic mass is 32.2. The second kappa shape index (κ2) is 8.76. The highest BCUT2D eigenvalue weighted by molar-refractivity contribution is 7.91. The minimum absolute atomic E-state index is 0.119. The topological polar surface area (TPSA) is 77.0 Å². The number of hydrogen-bond donors (Lipinski definition) is 2. The number of guanidine groups is 1. The lowest BCUT2D eigenvalue weighted by molar-refractivity contribution is -0.143. The van der Waals surface area contributed by atoms with Crippen LogP contribution in [0, 0.1) is 0 Å². The van der Waals surface area contributed by atoms with Crippen molar-refractivity contribution in [3.63, 3.8) is 0 Å². The molecule has 0 saturated carbocycles. The van der Waals surface area contributed by atoms with Crippen molar-refractivity contribution in [2.75, 3.05) is 40.8 Å². The summed E-state index contributed by atoms with van der Waals surface area (Å²) in [5.74, 6) is 0.472. The SMILES string of the molecule is CN=C(NCc1ccc(S(=O)(=O)N(C)C)s1)NC1CCN(CC(F)(F)F)C1. The summed E-state index contributed by atoms with van der Waals surface area (Å²) in [4.78, 5) is 6.25. The summed E-state index contributed by atoms with van der Waals surface area (Å²) < 4.78 is 63.0. The standard InChI is InChI=1S/C15H24F3N5O2S2/c1-19-14(21-11-6-7-23(9-11)10-15(16,17)18)20-8-12-4-5-13(26-12)27(24,25)22(2)3/h4-5,11H,6-10H2,1-3H3,(H2,19,20,21). The van der Waals surface area contributed by atoms with Crippen molar-refractivity contribution in [1.82, 2.24) is 19.8 Å². The molecule has 12 heteroatoms. The zero-order chi connectivity index (χ0) is 20.2. The Hall–Kier alpha value is -1.37. The molecule has 1 aliphatic heterocycles. The van der Waals surface area contributed by atoms with E-state index in [4.69, 9.17) is 0 Å². The molecule has 1 aliphatic rings. The molecule has 1 saturated heterocycles. The van der Waals surface area contributed by atoms with Crippen LogP contribution in [0.2, 0.25) is 0 Å². The van der Waals surface area contributed by atoms with E-state index in [-0.39, 0.29) is 10.3 Å². The summed E-state index contributed by atoms with van der Waals surface area (Å²) in [7, 11) is 1.07. The van der Waals surface area contributed by atoms with Gasteiger partial charge in [0, 0.05) is 45.2 Å². The van der Waals surface area contributed by atoms with E-state index < -0.39 is 22.7 Å². The zero-order valence-electron chi connectivity index (χ0n) is 15.4. The maximum absolute atomic E-state index is 12.5. The van der Waals surface area contributed by atoms with E-state index in [0.29, 0.717) is 32.0 Å². The quantitative estimate of drug-likeness (QED) is 0.529. The molecule has 1 aromatic rings. The Bertz CT molecular complexity index is 762. The van der Waals surface area contributed by atoms with Crippen molar-refractivity contribution in [3.8, 4) is 0 Å². The van der Waals surface area contributed by atoms with Crippen molar-refractivity contribution in [1.29, 1.82) is 0 Å². The van der Waals surface area contributed by atoms with E-state index in [1.807, 2.05) is 0 Å². The molecule has 0 aliphatic carbocycles. The Balaban J connectivity index is 1.86. The van der Waals surface area contributed by atoms with Crippen LogP contribution in [0.5, 0.6) is 0 Å².